The lowest BCUT2D eigenvalue weighted by molar-refractivity contribution is 0.0618. The molecule has 12 heavy (non-hydrogen) atoms. The van der Waals surface area contributed by atoms with Gasteiger partial charge in [-0.05, 0) is 18.3 Å². The van der Waals surface area contributed by atoms with Crippen molar-refractivity contribution in [2.45, 2.75) is 52.7 Å². The zero-order valence-corrected chi connectivity index (χ0v) is 8.75. The highest BCUT2D eigenvalue weighted by atomic mass is 16.3. The van der Waals surface area contributed by atoms with Gasteiger partial charge in [-0.1, -0.05) is 34.1 Å². The number of nitrogens with two attached hydrogens (primary N) is 1. The molecule has 0 aliphatic carbocycles. The zero-order valence-electron chi connectivity index (χ0n) is 8.75. The maximum atomic E-state index is 9.76. The van der Waals surface area contributed by atoms with Crippen molar-refractivity contribution >= 4 is 0 Å². The summed E-state index contributed by atoms with van der Waals surface area (Å²) in [7, 11) is 0. The molecular formula is C10H23NO. The standard InChI is InChI=1S/C10H23NO/c1-5-7(3)8(4)10(12)9(11)6-2/h7-10,12H,5-6,11H2,1-4H3. The van der Waals surface area contributed by atoms with Gasteiger partial charge in [-0.3, -0.25) is 0 Å². The fraction of sp³-hybridized carbons (Fsp3) is 1.00. The van der Waals surface area contributed by atoms with Crippen molar-refractivity contribution in [3.05, 3.63) is 0 Å². The van der Waals surface area contributed by atoms with E-state index in [0.717, 1.165) is 12.8 Å². The van der Waals surface area contributed by atoms with E-state index < -0.39 is 0 Å². The molecule has 0 aliphatic rings. The first-order chi connectivity index (χ1) is 5.54. The Morgan fingerprint density at radius 1 is 1.17 bits per heavy atom. The van der Waals surface area contributed by atoms with E-state index >= 15 is 0 Å². The average Bonchev–Trinajstić information content (AvgIpc) is 2.12. The normalized spacial score (nSPS) is 21.5. The molecule has 0 aromatic carbocycles. The SMILES string of the molecule is CCC(C)C(C)C(O)C(N)CC. The molecule has 0 spiro atoms. The highest BCUT2D eigenvalue weighted by Gasteiger charge is 2.23. The van der Waals surface area contributed by atoms with Crippen molar-refractivity contribution in [3.8, 4) is 0 Å². The quantitative estimate of drug-likeness (QED) is 0.665. The molecule has 4 unspecified atom stereocenters. The smallest absolute Gasteiger partial charge is 0.0718 e. The number of aliphatic hydroxyl groups excluding tert-OH is 1. The highest BCUT2D eigenvalue weighted by Crippen LogP contribution is 2.20. The van der Waals surface area contributed by atoms with E-state index in [1.54, 1.807) is 0 Å². The third kappa shape index (κ3) is 3.11. The van der Waals surface area contributed by atoms with Crippen LogP contribution in [0, 0.1) is 11.8 Å². The molecule has 0 radical (unpaired) electrons. The lowest BCUT2D eigenvalue weighted by Gasteiger charge is -2.28. The van der Waals surface area contributed by atoms with Gasteiger partial charge >= 0.3 is 0 Å². The van der Waals surface area contributed by atoms with E-state index in [1.807, 2.05) is 6.92 Å². The Kier molecular flexibility index (Phi) is 5.51. The van der Waals surface area contributed by atoms with Crippen molar-refractivity contribution in [2.24, 2.45) is 17.6 Å². The van der Waals surface area contributed by atoms with Crippen LogP contribution in [-0.4, -0.2) is 17.3 Å². The van der Waals surface area contributed by atoms with Gasteiger partial charge in [0.1, 0.15) is 0 Å². The largest absolute Gasteiger partial charge is 0.391 e. The van der Waals surface area contributed by atoms with Crippen LogP contribution in [0.25, 0.3) is 0 Å². The van der Waals surface area contributed by atoms with Crippen molar-refractivity contribution in [1.29, 1.82) is 0 Å². The summed E-state index contributed by atoms with van der Waals surface area (Å²) in [5, 5.41) is 9.76. The lowest BCUT2D eigenvalue weighted by Crippen LogP contribution is -2.40. The number of hydrogen-bond donors (Lipinski definition) is 2. The molecule has 0 saturated heterocycles. The van der Waals surface area contributed by atoms with Crippen molar-refractivity contribution in [3.63, 3.8) is 0 Å². The fourth-order valence-electron chi connectivity index (χ4n) is 1.34. The van der Waals surface area contributed by atoms with Gasteiger partial charge in [0.25, 0.3) is 0 Å². The van der Waals surface area contributed by atoms with Crippen LogP contribution in [0.3, 0.4) is 0 Å². The van der Waals surface area contributed by atoms with Crippen molar-refractivity contribution in [1.82, 2.24) is 0 Å². The summed E-state index contributed by atoms with van der Waals surface area (Å²) in [6.07, 6.45) is 1.61. The maximum Gasteiger partial charge on any atom is 0.0718 e. The van der Waals surface area contributed by atoms with Gasteiger partial charge in [0.15, 0.2) is 0 Å². The minimum atomic E-state index is -0.343. The Morgan fingerprint density at radius 3 is 2.00 bits per heavy atom. The van der Waals surface area contributed by atoms with E-state index in [-0.39, 0.29) is 12.1 Å². The molecule has 0 aromatic heterocycles. The third-order valence-electron chi connectivity index (χ3n) is 2.99. The van der Waals surface area contributed by atoms with E-state index in [9.17, 15) is 5.11 Å². The molecule has 0 amide bonds. The van der Waals surface area contributed by atoms with E-state index in [4.69, 9.17) is 5.73 Å². The minimum absolute atomic E-state index is 0.0611. The molecule has 74 valence electrons. The highest BCUT2D eigenvalue weighted by molar-refractivity contribution is 4.77. The van der Waals surface area contributed by atoms with Crippen LogP contribution in [0.1, 0.15) is 40.5 Å². The Bertz CT molecular complexity index is 102. The Balaban J connectivity index is 3.99. The van der Waals surface area contributed by atoms with Crippen molar-refractivity contribution in [2.75, 3.05) is 0 Å². The molecule has 2 heteroatoms. The summed E-state index contributed by atoms with van der Waals surface area (Å²) in [5.41, 5.74) is 5.76. The summed E-state index contributed by atoms with van der Waals surface area (Å²) < 4.78 is 0. The van der Waals surface area contributed by atoms with Gasteiger partial charge in [0, 0.05) is 6.04 Å². The van der Waals surface area contributed by atoms with Gasteiger partial charge < -0.3 is 10.8 Å². The van der Waals surface area contributed by atoms with Crippen LogP contribution in [0.2, 0.25) is 0 Å². The number of hydrogen-bond acceptors (Lipinski definition) is 2. The first kappa shape index (κ1) is 11.9. The average molecular weight is 173 g/mol. The first-order valence-electron chi connectivity index (χ1n) is 4.98. The zero-order chi connectivity index (χ0) is 9.72. The van der Waals surface area contributed by atoms with Gasteiger partial charge in [-0.25, -0.2) is 0 Å². The van der Waals surface area contributed by atoms with Gasteiger partial charge in [-0.2, -0.15) is 0 Å². The maximum absolute atomic E-state index is 9.76. The molecule has 0 aromatic rings. The summed E-state index contributed by atoms with van der Waals surface area (Å²) in [5.74, 6) is 0.863. The summed E-state index contributed by atoms with van der Waals surface area (Å²) in [4.78, 5) is 0. The predicted molar refractivity (Wildman–Crippen MR) is 52.9 cm³/mol. The van der Waals surface area contributed by atoms with Gasteiger partial charge in [0.05, 0.1) is 6.10 Å². The van der Waals surface area contributed by atoms with Crippen LogP contribution in [-0.2, 0) is 0 Å². The molecular weight excluding hydrogens is 150 g/mol. The minimum Gasteiger partial charge on any atom is -0.391 e. The van der Waals surface area contributed by atoms with E-state index in [0.29, 0.717) is 11.8 Å². The third-order valence-corrected chi connectivity index (χ3v) is 2.99. The van der Waals surface area contributed by atoms with Crippen LogP contribution < -0.4 is 5.73 Å². The molecule has 2 nitrogen and oxygen atoms in total. The Morgan fingerprint density at radius 2 is 1.67 bits per heavy atom. The molecule has 4 atom stereocenters. The number of rotatable bonds is 5. The molecule has 0 saturated carbocycles. The summed E-state index contributed by atoms with van der Waals surface area (Å²) >= 11 is 0. The molecule has 0 rings (SSSR count). The monoisotopic (exact) mass is 173 g/mol. The second-order valence-corrected chi connectivity index (χ2v) is 3.81. The second-order valence-electron chi connectivity index (χ2n) is 3.81. The first-order valence-corrected chi connectivity index (χ1v) is 4.98. The van der Waals surface area contributed by atoms with Crippen LogP contribution in [0.4, 0.5) is 0 Å². The van der Waals surface area contributed by atoms with E-state index in [2.05, 4.69) is 20.8 Å². The molecule has 0 heterocycles. The van der Waals surface area contributed by atoms with Crippen LogP contribution in [0.15, 0.2) is 0 Å². The lowest BCUT2D eigenvalue weighted by atomic mass is 9.85. The molecule has 3 N–H and O–H groups in total. The van der Waals surface area contributed by atoms with E-state index in [1.165, 1.54) is 0 Å². The van der Waals surface area contributed by atoms with Crippen molar-refractivity contribution < 1.29 is 5.11 Å². The predicted octanol–water partition coefficient (Wildman–Crippen LogP) is 1.77. The molecule has 0 bridgehead atoms. The van der Waals surface area contributed by atoms with Gasteiger partial charge in [-0.15, -0.1) is 0 Å². The Labute approximate surface area is 76.2 Å². The molecule has 0 fully saturated rings. The summed E-state index contributed by atoms with van der Waals surface area (Å²) in [6, 6.07) is -0.0611. The fourth-order valence-corrected chi connectivity index (χ4v) is 1.34. The Hall–Kier alpha value is -0.0800. The summed E-state index contributed by atoms with van der Waals surface area (Å²) in [6.45, 7) is 8.40. The number of aliphatic hydroxyl groups is 1. The van der Waals surface area contributed by atoms with Crippen LogP contribution >= 0.6 is 0 Å². The van der Waals surface area contributed by atoms with Crippen LogP contribution in [0.5, 0.6) is 0 Å². The molecule has 0 aliphatic heterocycles. The second kappa shape index (κ2) is 5.55. The van der Waals surface area contributed by atoms with Gasteiger partial charge in [0.2, 0.25) is 0 Å². The topological polar surface area (TPSA) is 46.2 Å².